The summed E-state index contributed by atoms with van der Waals surface area (Å²) in [6, 6.07) is 6.75. The van der Waals surface area contributed by atoms with Crippen molar-refractivity contribution in [2.24, 2.45) is 7.05 Å². The first kappa shape index (κ1) is 14.1. The monoisotopic (exact) mass is 286 g/mol. The lowest BCUT2D eigenvalue weighted by atomic mass is 10.00. The van der Waals surface area contributed by atoms with Crippen molar-refractivity contribution in [2.75, 3.05) is 13.2 Å². The van der Waals surface area contributed by atoms with E-state index in [1.165, 1.54) is 11.1 Å². The summed E-state index contributed by atoms with van der Waals surface area (Å²) in [4.78, 5) is 0. The van der Waals surface area contributed by atoms with Gasteiger partial charge in [-0.1, -0.05) is 18.2 Å². The van der Waals surface area contributed by atoms with Gasteiger partial charge < -0.3 is 14.6 Å². The summed E-state index contributed by atoms with van der Waals surface area (Å²) in [6.45, 7) is 3.81. The third-order valence-electron chi connectivity index (χ3n) is 4.05. The van der Waals surface area contributed by atoms with Crippen LogP contribution in [0.4, 0.5) is 0 Å². The smallest absolute Gasteiger partial charge is 0.133 e. The number of benzene rings is 1. The molecule has 1 aliphatic heterocycles. The summed E-state index contributed by atoms with van der Waals surface area (Å²) in [5.41, 5.74) is 2.50. The van der Waals surface area contributed by atoms with Gasteiger partial charge in [0.25, 0.3) is 0 Å². The molecule has 1 aromatic carbocycles. The Hall–Kier alpha value is -1.88. The van der Waals surface area contributed by atoms with E-state index < -0.39 is 0 Å². The van der Waals surface area contributed by atoms with Gasteiger partial charge in [0.15, 0.2) is 0 Å². The maximum Gasteiger partial charge on any atom is 0.133 e. The highest BCUT2D eigenvalue weighted by atomic mass is 16.5. The molecule has 2 heterocycles. The quantitative estimate of drug-likeness (QED) is 0.936. The summed E-state index contributed by atoms with van der Waals surface area (Å²) < 4.78 is 7.88. The molecule has 5 heteroatoms. The number of aryl methyl sites for hydroxylation is 2. The van der Waals surface area contributed by atoms with Crippen molar-refractivity contribution >= 4 is 0 Å². The number of fused-ring (bicyclic) bond motifs is 1. The largest absolute Gasteiger partial charge is 0.493 e. The minimum atomic E-state index is 0.357. The number of para-hydroxylation sites is 1. The number of ether oxygens (including phenoxy) is 1. The minimum Gasteiger partial charge on any atom is -0.493 e. The van der Waals surface area contributed by atoms with E-state index in [9.17, 15) is 0 Å². The van der Waals surface area contributed by atoms with E-state index in [0.717, 1.165) is 44.0 Å². The summed E-state index contributed by atoms with van der Waals surface area (Å²) in [7, 11) is 1.98. The van der Waals surface area contributed by atoms with Crippen molar-refractivity contribution in [3.63, 3.8) is 0 Å². The highest BCUT2D eigenvalue weighted by Gasteiger charge is 2.20. The summed E-state index contributed by atoms with van der Waals surface area (Å²) >= 11 is 0. The highest BCUT2D eigenvalue weighted by Crippen LogP contribution is 2.33. The standard InChI is InChI=1S/C16H22N4O/c1-12-5-3-6-13-14(7-4-10-21-16(12)13)17-9-8-15-19-18-11-20(15)2/h3,5-6,11,14,17H,4,7-10H2,1-2H3. The molecule has 3 rings (SSSR count). The second kappa shape index (κ2) is 6.26. The van der Waals surface area contributed by atoms with Crippen LogP contribution in [-0.2, 0) is 13.5 Å². The average Bonchev–Trinajstić information content (AvgIpc) is 2.76. The van der Waals surface area contributed by atoms with Crippen LogP contribution in [0.5, 0.6) is 5.75 Å². The second-order valence-corrected chi connectivity index (χ2v) is 5.60. The second-order valence-electron chi connectivity index (χ2n) is 5.60. The van der Waals surface area contributed by atoms with E-state index in [1.807, 2.05) is 11.6 Å². The molecule has 1 atom stereocenters. The lowest BCUT2D eigenvalue weighted by Gasteiger charge is -2.19. The Labute approximate surface area is 125 Å². The molecule has 1 N–H and O–H groups in total. The first-order valence-corrected chi connectivity index (χ1v) is 7.54. The summed E-state index contributed by atoms with van der Waals surface area (Å²) in [5.74, 6) is 2.07. The van der Waals surface area contributed by atoms with Gasteiger partial charge in [0, 0.05) is 31.6 Å². The molecule has 0 aliphatic carbocycles. The van der Waals surface area contributed by atoms with Gasteiger partial charge in [-0.25, -0.2) is 0 Å². The zero-order valence-electron chi connectivity index (χ0n) is 12.7. The molecule has 0 amide bonds. The van der Waals surface area contributed by atoms with E-state index >= 15 is 0 Å². The van der Waals surface area contributed by atoms with Gasteiger partial charge in [-0.2, -0.15) is 0 Å². The zero-order valence-corrected chi connectivity index (χ0v) is 12.7. The van der Waals surface area contributed by atoms with Crippen LogP contribution in [0.1, 0.15) is 35.8 Å². The summed E-state index contributed by atoms with van der Waals surface area (Å²) in [6.07, 6.45) is 4.81. The van der Waals surface area contributed by atoms with Crippen molar-refractivity contribution in [1.29, 1.82) is 0 Å². The van der Waals surface area contributed by atoms with Crippen molar-refractivity contribution in [3.8, 4) is 5.75 Å². The fourth-order valence-electron chi connectivity index (χ4n) is 2.87. The normalized spacial score (nSPS) is 17.9. The molecule has 2 aromatic rings. The molecule has 0 spiro atoms. The van der Waals surface area contributed by atoms with Crippen LogP contribution in [0.2, 0.25) is 0 Å². The third-order valence-corrected chi connectivity index (χ3v) is 4.05. The minimum absolute atomic E-state index is 0.357. The van der Waals surface area contributed by atoms with Gasteiger partial charge in [0.05, 0.1) is 6.61 Å². The van der Waals surface area contributed by atoms with Crippen LogP contribution in [0.25, 0.3) is 0 Å². The number of nitrogens with one attached hydrogen (secondary N) is 1. The highest BCUT2D eigenvalue weighted by molar-refractivity contribution is 5.43. The Kier molecular flexibility index (Phi) is 4.20. The third kappa shape index (κ3) is 3.08. The molecule has 5 nitrogen and oxygen atoms in total. The number of hydrogen-bond donors (Lipinski definition) is 1. The molecule has 1 aliphatic rings. The van der Waals surface area contributed by atoms with Crippen LogP contribution in [0.3, 0.4) is 0 Å². The number of rotatable bonds is 4. The number of nitrogens with zero attached hydrogens (tertiary/aromatic N) is 3. The van der Waals surface area contributed by atoms with Gasteiger partial charge in [0.2, 0.25) is 0 Å². The maximum atomic E-state index is 5.91. The van der Waals surface area contributed by atoms with E-state index in [2.05, 4.69) is 40.6 Å². The van der Waals surface area contributed by atoms with Crippen LogP contribution >= 0.6 is 0 Å². The molecular weight excluding hydrogens is 264 g/mol. The van der Waals surface area contributed by atoms with Gasteiger partial charge in [0.1, 0.15) is 17.9 Å². The Morgan fingerprint density at radius 2 is 2.33 bits per heavy atom. The SMILES string of the molecule is Cc1cccc2c1OCCCC2NCCc1nncn1C. The predicted molar refractivity (Wildman–Crippen MR) is 81.4 cm³/mol. The van der Waals surface area contributed by atoms with Crippen LogP contribution in [0, 0.1) is 6.92 Å². The Morgan fingerprint density at radius 1 is 1.43 bits per heavy atom. The van der Waals surface area contributed by atoms with E-state index in [1.54, 1.807) is 6.33 Å². The molecule has 0 saturated heterocycles. The topological polar surface area (TPSA) is 52.0 Å². The Morgan fingerprint density at radius 3 is 3.14 bits per heavy atom. The van der Waals surface area contributed by atoms with Gasteiger partial charge in [-0.3, -0.25) is 0 Å². The van der Waals surface area contributed by atoms with Crippen LogP contribution in [-0.4, -0.2) is 27.9 Å². The van der Waals surface area contributed by atoms with Gasteiger partial charge >= 0.3 is 0 Å². The first-order valence-electron chi connectivity index (χ1n) is 7.54. The lowest BCUT2D eigenvalue weighted by Crippen LogP contribution is -2.24. The molecular formula is C16H22N4O. The number of aromatic nitrogens is 3. The van der Waals surface area contributed by atoms with Crippen molar-refractivity contribution in [3.05, 3.63) is 41.5 Å². The maximum absolute atomic E-state index is 5.91. The molecule has 112 valence electrons. The van der Waals surface area contributed by atoms with E-state index in [0.29, 0.717) is 6.04 Å². The summed E-state index contributed by atoms with van der Waals surface area (Å²) in [5, 5.41) is 11.7. The Balaban J connectivity index is 1.68. The Bertz CT molecular complexity index is 608. The fraction of sp³-hybridized carbons (Fsp3) is 0.500. The molecule has 0 saturated carbocycles. The van der Waals surface area contributed by atoms with Crippen molar-refractivity contribution in [1.82, 2.24) is 20.1 Å². The lowest BCUT2D eigenvalue weighted by molar-refractivity contribution is 0.313. The number of hydrogen-bond acceptors (Lipinski definition) is 4. The van der Waals surface area contributed by atoms with Gasteiger partial charge in [-0.05, 0) is 25.3 Å². The van der Waals surface area contributed by atoms with Gasteiger partial charge in [-0.15, -0.1) is 10.2 Å². The molecule has 1 aromatic heterocycles. The molecule has 0 bridgehead atoms. The fourth-order valence-corrected chi connectivity index (χ4v) is 2.87. The molecule has 21 heavy (non-hydrogen) atoms. The van der Waals surface area contributed by atoms with Crippen molar-refractivity contribution < 1.29 is 4.74 Å². The van der Waals surface area contributed by atoms with Crippen LogP contribution in [0.15, 0.2) is 24.5 Å². The molecule has 1 unspecified atom stereocenters. The first-order chi connectivity index (χ1) is 10.3. The average molecular weight is 286 g/mol. The van der Waals surface area contributed by atoms with E-state index in [4.69, 9.17) is 4.74 Å². The zero-order chi connectivity index (χ0) is 14.7. The molecule has 0 radical (unpaired) electrons. The van der Waals surface area contributed by atoms with Crippen LogP contribution < -0.4 is 10.1 Å². The van der Waals surface area contributed by atoms with E-state index in [-0.39, 0.29) is 0 Å². The van der Waals surface area contributed by atoms with Crippen molar-refractivity contribution in [2.45, 2.75) is 32.2 Å². The predicted octanol–water partition coefficient (Wildman–Crippen LogP) is 2.17. The molecule has 0 fully saturated rings.